The van der Waals surface area contributed by atoms with Gasteiger partial charge < -0.3 is 0 Å². The Bertz CT molecular complexity index is 620. The van der Waals surface area contributed by atoms with E-state index in [1.54, 1.807) is 5.57 Å². The molecule has 0 aliphatic heterocycles. The fourth-order valence-electron chi connectivity index (χ4n) is 9.01. The third-order valence-electron chi connectivity index (χ3n) is 10.6. The minimum Gasteiger partial charge on any atom is -0.233 e. The Hall–Kier alpha value is -0.300. The van der Waals surface area contributed by atoms with E-state index in [2.05, 4.69) is 47.6 Å². The molecule has 0 amide bonds. The molecule has 1 radical (unpaired) electrons. The lowest BCUT2D eigenvalue weighted by atomic mass is 9.45. The standard InChI is InChI=1S/C28H47O/c1-18(2)8-7-9-19(3)23-10-11-24-26-20(4)16-21-17-22(29)12-14-27(21,5)25(26)13-15-28(23,24)6/h16,18-20,22-26H,7-15,17H2,1-6H3/t19-,20+,22+,23-,24+,25+,26+,27+,28-/m1/s1. The molecule has 0 aromatic rings. The lowest BCUT2D eigenvalue weighted by molar-refractivity contribution is -0.0771. The van der Waals surface area contributed by atoms with Gasteiger partial charge in [-0.2, -0.15) is 0 Å². The van der Waals surface area contributed by atoms with Crippen molar-refractivity contribution < 1.29 is 5.11 Å². The number of fused-ring (bicyclic) bond motifs is 5. The van der Waals surface area contributed by atoms with Crippen molar-refractivity contribution in [1.82, 2.24) is 0 Å². The van der Waals surface area contributed by atoms with Crippen LogP contribution in [0.4, 0.5) is 0 Å². The minimum atomic E-state index is -0.338. The van der Waals surface area contributed by atoms with Crippen molar-refractivity contribution in [3.05, 3.63) is 11.6 Å². The molecule has 4 aliphatic carbocycles. The van der Waals surface area contributed by atoms with Gasteiger partial charge in [-0.05, 0) is 97.2 Å². The highest BCUT2D eigenvalue weighted by Crippen LogP contribution is 2.68. The first-order chi connectivity index (χ1) is 13.7. The molecule has 0 bridgehead atoms. The summed E-state index contributed by atoms with van der Waals surface area (Å²) in [4.78, 5) is 0. The Kier molecular flexibility index (Phi) is 6.04. The van der Waals surface area contributed by atoms with E-state index < -0.39 is 0 Å². The van der Waals surface area contributed by atoms with Gasteiger partial charge >= 0.3 is 0 Å². The molecule has 0 saturated heterocycles. The van der Waals surface area contributed by atoms with Crippen molar-refractivity contribution in [1.29, 1.82) is 0 Å². The van der Waals surface area contributed by atoms with Gasteiger partial charge in [0.1, 0.15) is 0 Å². The van der Waals surface area contributed by atoms with Gasteiger partial charge in [0.15, 0.2) is 0 Å². The first kappa shape index (κ1) is 21.9. The quantitative estimate of drug-likeness (QED) is 0.416. The summed E-state index contributed by atoms with van der Waals surface area (Å²) in [5.74, 6) is 5.94. The molecule has 165 valence electrons. The molecule has 29 heavy (non-hydrogen) atoms. The first-order valence-electron chi connectivity index (χ1n) is 13.0. The molecule has 1 nitrogen and oxygen atoms in total. The number of allylic oxidation sites excluding steroid dienone is 1. The van der Waals surface area contributed by atoms with Crippen LogP contribution in [0.1, 0.15) is 106 Å². The van der Waals surface area contributed by atoms with Crippen LogP contribution in [0.15, 0.2) is 11.6 Å². The Morgan fingerprint density at radius 2 is 1.76 bits per heavy atom. The maximum Gasteiger partial charge on any atom is 0.0967 e. The van der Waals surface area contributed by atoms with Crippen LogP contribution in [0.3, 0.4) is 0 Å². The largest absolute Gasteiger partial charge is 0.233 e. The first-order valence-corrected chi connectivity index (χ1v) is 13.0. The summed E-state index contributed by atoms with van der Waals surface area (Å²) in [6.45, 7) is 15.0. The summed E-state index contributed by atoms with van der Waals surface area (Å²) in [7, 11) is 0. The Balaban J connectivity index is 1.54. The molecule has 0 heterocycles. The van der Waals surface area contributed by atoms with Crippen molar-refractivity contribution in [2.24, 2.45) is 52.3 Å². The van der Waals surface area contributed by atoms with E-state index in [4.69, 9.17) is 0 Å². The zero-order valence-electron chi connectivity index (χ0n) is 20.2. The van der Waals surface area contributed by atoms with Gasteiger partial charge in [-0.1, -0.05) is 72.5 Å². The maximum atomic E-state index is 12.2. The summed E-state index contributed by atoms with van der Waals surface area (Å²) in [6, 6.07) is 0. The van der Waals surface area contributed by atoms with Crippen LogP contribution in [0, 0.1) is 52.3 Å². The average Bonchev–Trinajstić information content (AvgIpc) is 3.00. The highest BCUT2D eigenvalue weighted by molar-refractivity contribution is 5.26. The zero-order valence-corrected chi connectivity index (χ0v) is 20.2. The molecule has 0 N–H and O–H groups in total. The smallest absolute Gasteiger partial charge is 0.0967 e. The predicted octanol–water partition coefficient (Wildman–Crippen LogP) is 8.07. The van der Waals surface area contributed by atoms with Gasteiger partial charge in [0, 0.05) is 0 Å². The third kappa shape index (κ3) is 3.66. The minimum absolute atomic E-state index is 0.334. The monoisotopic (exact) mass is 399 g/mol. The summed E-state index contributed by atoms with van der Waals surface area (Å²) in [5.41, 5.74) is 2.45. The van der Waals surface area contributed by atoms with Gasteiger partial charge in [0.05, 0.1) is 6.10 Å². The molecule has 0 aromatic carbocycles. The molecular formula is C28H47O. The highest BCUT2D eigenvalue weighted by atomic mass is 16.3. The molecule has 0 aromatic heterocycles. The van der Waals surface area contributed by atoms with E-state index in [0.717, 1.165) is 54.8 Å². The lowest BCUT2D eigenvalue weighted by Gasteiger charge is -2.60. The van der Waals surface area contributed by atoms with E-state index in [-0.39, 0.29) is 6.10 Å². The van der Waals surface area contributed by atoms with E-state index in [1.807, 2.05) is 0 Å². The average molecular weight is 400 g/mol. The fraction of sp³-hybridized carbons (Fsp3) is 0.929. The highest BCUT2D eigenvalue weighted by Gasteiger charge is 2.60. The molecule has 3 fully saturated rings. The normalized spacial score (nSPS) is 47.9. The van der Waals surface area contributed by atoms with Crippen molar-refractivity contribution in [2.75, 3.05) is 0 Å². The molecule has 3 saturated carbocycles. The second-order valence-electron chi connectivity index (χ2n) is 12.7. The van der Waals surface area contributed by atoms with Gasteiger partial charge in [0.2, 0.25) is 0 Å². The zero-order chi connectivity index (χ0) is 21.0. The van der Waals surface area contributed by atoms with Crippen molar-refractivity contribution in [3.8, 4) is 0 Å². The van der Waals surface area contributed by atoms with Crippen molar-refractivity contribution in [2.45, 2.75) is 112 Å². The summed E-state index contributed by atoms with van der Waals surface area (Å²) in [5, 5.41) is 12.2. The molecule has 9 atom stereocenters. The second kappa shape index (κ2) is 7.99. The van der Waals surface area contributed by atoms with E-state index in [0.29, 0.717) is 16.7 Å². The van der Waals surface area contributed by atoms with Crippen LogP contribution < -0.4 is 0 Å². The molecule has 1 heteroatoms. The molecule has 4 aliphatic rings. The molecule has 0 unspecified atom stereocenters. The second-order valence-corrected chi connectivity index (χ2v) is 12.7. The van der Waals surface area contributed by atoms with Crippen LogP contribution >= 0.6 is 0 Å². The lowest BCUT2D eigenvalue weighted by Crippen LogP contribution is -2.53. The van der Waals surface area contributed by atoms with Gasteiger partial charge in [0.25, 0.3) is 0 Å². The molecule has 4 rings (SSSR count). The van der Waals surface area contributed by atoms with Crippen LogP contribution in [-0.2, 0) is 5.11 Å². The van der Waals surface area contributed by atoms with Crippen LogP contribution in [-0.4, -0.2) is 6.10 Å². The predicted molar refractivity (Wildman–Crippen MR) is 122 cm³/mol. The number of hydrogen-bond acceptors (Lipinski definition) is 0. The Morgan fingerprint density at radius 3 is 2.48 bits per heavy atom. The van der Waals surface area contributed by atoms with Crippen molar-refractivity contribution in [3.63, 3.8) is 0 Å². The van der Waals surface area contributed by atoms with Gasteiger partial charge in [-0.3, -0.25) is 0 Å². The number of hydrogen-bond donors (Lipinski definition) is 0. The van der Waals surface area contributed by atoms with E-state index in [1.165, 1.54) is 44.9 Å². The maximum absolute atomic E-state index is 12.2. The van der Waals surface area contributed by atoms with E-state index >= 15 is 0 Å². The fourth-order valence-corrected chi connectivity index (χ4v) is 9.01. The molecular weight excluding hydrogens is 352 g/mol. The van der Waals surface area contributed by atoms with Crippen LogP contribution in [0.25, 0.3) is 0 Å². The summed E-state index contributed by atoms with van der Waals surface area (Å²) < 4.78 is 0. The van der Waals surface area contributed by atoms with Crippen molar-refractivity contribution >= 4 is 0 Å². The van der Waals surface area contributed by atoms with Crippen LogP contribution in [0.5, 0.6) is 0 Å². The Labute approximate surface area is 181 Å². The topological polar surface area (TPSA) is 19.9 Å². The summed E-state index contributed by atoms with van der Waals surface area (Å²) >= 11 is 0. The van der Waals surface area contributed by atoms with Gasteiger partial charge in [-0.25, -0.2) is 5.11 Å². The SMILES string of the molecule is CC(C)CCC[C@@H](C)[C@H]1CC[C@H]2[C@@H]3[C@@H](C)C=C4C[C@@H]([O])CC[C@]4(C)[C@H]3CC[C@]12C. The van der Waals surface area contributed by atoms with E-state index in [9.17, 15) is 5.11 Å². The van der Waals surface area contributed by atoms with Gasteiger partial charge in [-0.15, -0.1) is 0 Å². The summed E-state index contributed by atoms with van der Waals surface area (Å²) in [6.07, 6.45) is 15.2. The Morgan fingerprint density at radius 1 is 1.00 bits per heavy atom. The third-order valence-corrected chi connectivity index (χ3v) is 10.6. The number of rotatable bonds is 5. The van der Waals surface area contributed by atoms with Crippen LogP contribution in [0.2, 0.25) is 0 Å². The molecule has 0 spiro atoms.